The molecule has 5 atom stereocenters. The topological polar surface area (TPSA) is 142 Å². The third-order valence-electron chi connectivity index (χ3n) is 4.55. The van der Waals surface area contributed by atoms with Crippen LogP contribution in [-0.2, 0) is 19.0 Å². The van der Waals surface area contributed by atoms with Gasteiger partial charge in [0.05, 0.1) is 17.6 Å². The highest BCUT2D eigenvalue weighted by molar-refractivity contribution is 7.99. The van der Waals surface area contributed by atoms with Crippen molar-refractivity contribution in [2.45, 2.75) is 46.5 Å². The van der Waals surface area contributed by atoms with E-state index in [4.69, 9.17) is 14.5 Å². The summed E-state index contributed by atoms with van der Waals surface area (Å²) in [5.74, 6) is 0. The van der Waals surface area contributed by atoms with Crippen molar-refractivity contribution >= 4 is 21.9 Å². The molecule has 2 aromatic carbocycles. The summed E-state index contributed by atoms with van der Waals surface area (Å²) in [6.45, 7) is 1.32. The van der Waals surface area contributed by atoms with Crippen LogP contribution in [0.4, 0.5) is 0 Å². The van der Waals surface area contributed by atoms with Crippen molar-refractivity contribution < 1.29 is 27.6 Å². The SMILES string of the molecule is Cc1ccc(S(=O)(=O)OCC2O[C@@H](Sc3ccccc3)C(N=[N+]=[N-])[C@@H](O)[C@@H]2O)cc1. The average Bonchev–Trinajstić information content (AvgIpc) is 2.73. The van der Waals surface area contributed by atoms with Crippen molar-refractivity contribution in [3.63, 3.8) is 0 Å². The fraction of sp³-hybridized carbons (Fsp3) is 0.368. The summed E-state index contributed by atoms with van der Waals surface area (Å²) in [6, 6.07) is 14.1. The van der Waals surface area contributed by atoms with Crippen LogP contribution in [-0.4, -0.2) is 55.0 Å². The van der Waals surface area contributed by atoms with E-state index >= 15 is 0 Å². The minimum absolute atomic E-state index is 0.0267. The van der Waals surface area contributed by atoms with Gasteiger partial charge in [-0.3, -0.25) is 4.18 Å². The zero-order chi connectivity index (χ0) is 21.7. The Morgan fingerprint density at radius 1 is 1.13 bits per heavy atom. The number of aliphatic hydroxyl groups is 2. The summed E-state index contributed by atoms with van der Waals surface area (Å²) in [5, 5.41) is 24.4. The van der Waals surface area contributed by atoms with Gasteiger partial charge in [-0.15, -0.1) is 0 Å². The van der Waals surface area contributed by atoms with Crippen LogP contribution in [0.3, 0.4) is 0 Å². The predicted molar refractivity (Wildman–Crippen MR) is 110 cm³/mol. The summed E-state index contributed by atoms with van der Waals surface area (Å²) >= 11 is 1.19. The maximum Gasteiger partial charge on any atom is 0.297 e. The quantitative estimate of drug-likeness (QED) is 0.285. The largest absolute Gasteiger partial charge is 0.390 e. The molecule has 0 amide bonds. The second kappa shape index (κ2) is 9.80. The maximum atomic E-state index is 12.4. The van der Waals surface area contributed by atoms with Gasteiger partial charge < -0.3 is 14.9 Å². The van der Waals surface area contributed by atoms with Gasteiger partial charge in [0.1, 0.15) is 23.7 Å². The number of ether oxygens (including phenoxy) is 1. The Hall–Kier alpha value is -2.11. The lowest BCUT2D eigenvalue weighted by Crippen LogP contribution is -2.57. The number of thioether (sulfide) groups is 1. The molecule has 1 heterocycles. The van der Waals surface area contributed by atoms with E-state index in [-0.39, 0.29) is 4.90 Å². The van der Waals surface area contributed by atoms with Crippen LogP contribution in [0.2, 0.25) is 0 Å². The van der Waals surface area contributed by atoms with Gasteiger partial charge in [0.15, 0.2) is 0 Å². The van der Waals surface area contributed by atoms with E-state index < -0.39 is 46.5 Å². The minimum atomic E-state index is -4.08. The molecule has 0 radical (unpaired) electrons. The molecule has 1 saturated heterocycles. The molecular formula is C19H21N3O6S2. The van der Waals surface area contributed by atoms with E-state index in [1.807, 2.05) is 37.3 Å². The van der Waals surface area contributed by atoms with Gasteiger partial charge in [-0.05, 0) is 36.7 Å². The first-order chi connectivity index (χ1) is 14.3. The number of benzene rings is 2. The second-order valence-corrected chi connectivity index (χ2v) is 9.49. The van der Waals surface area contributed by atoms with Crippen molar-refractivity contribution in [1.29, 1.82) is 0 Å². The van der Waals surface area contributed by atoms with Crippen molar-refractivity contribution in [2.75, 3.05) is 6.61 Å². The number of nitrogens with zero attached hydrogens (tertiary/aromatic N) is 3. The predicted octanol–water partition coefficient (Wildman–Crippen LogP) is 2.62. The number of rotatable bonds is 7. The third kappa shape index (κ3) is 5.32. The molecule has 1 aliphatic heterocycles. The van der Waals surface area contributed by atoms with Crippen LogP contribution in [0, 0.1) is 6.92 Å². The monoisotopic (exact) mass is 451 g/mol. The Bertz CT molecular complexity index is 997. The van der Waals surface area contributed by atoms with Crippen molar-refractivity contribution in [3.8, 4) is 0 Å². The van der Waals surface area contributed by atoms with E-state index in [1.165, 1.54) is 23.9 Å². The minimum Gasteiger partial charge on any atom is -0.390 e. The Labute approximate surface area is 178 Å². The summed E-state index contributed by atoms with van der Waals surface area (Å²) < 4.78 is 35.7. The van der Waals surface area contributed by atoms with E-state index in [0.29, 0.717) is 0 Å². The van der Waals surface area contributed by atoms with Crippen LogP contribution >= 0.6 is 11.8 Å². The molecule has 1 fully saturated rings. The molecule has 2 aromatic rings. The van der Waals surface area contributed by atoms with Crippen molar-refractivity contribution in [2.24, 2.45) is 5.11 Å². The summed E-state index contributed by atoms with van der Waals surface area (Å²) in [7, 11) is -4.08. The van der Waals surface area contributed by atoms with E-state index in [2.05, 4.69) is 10.0 Å². The highest BCUT2D eigenvalue weighted by Crippen LogP contribution is 2.35. The smallest absolute Gasteiger partial charge is 0.297 e. The van der Waals surface area contributed by atoms with Crippen LogP contribution in [0.1, 0.15) is 5.56 Å². The summed E-state index contributed by atoms with van der Waals surface area (Å²) in [4.78, 5) is 3.49. The van der Waals surface area contributed by atoms with Crippen molar-refractivity contribution in [1.82, 2.24) is 0 Å². The normalized spacial score (nSPS) is 26.7. The Morgan fingerprint density at radius 3 is 2.43 bits per heavy atom. The van der Waals surface area contributed by atoms with E-state index in [1.54, 1.807) is 12.1 Å². The first kappa shape index (κ1) is 22.6. The molecule has 11 heteroatoms. The molecular weight excluding hydrogens is 430 g/mol. The first-order valence-corrected chi connectivity index (χ1v) is 11.3. The first-order valence-electron chi connectivity index (χ1n) is 9.05. The summed E-state index contributed by atoms with van der Waals surface area (Å²) in [5.41, 5.74) is 8.87. The highest BCUT2D eigenvalue weighted by Gasteiger charge is 2.45. The van der Waals surface area contributed by atoms with Crippen LogP contribution < -0.4 is 0 Å². The van der Waals surface area contributed by atoms with Gasteiger partial charge in [0.25, 0.3) is 10.1 Å². The zero-order valence-corrected chi connectivity index (χ0v) is 17.6. The van der Waals surface area contributed by atoms with Crippen molar-refractivity contribution in [3.05, 3.63) is 70.6 Å². The molecule has 9 nitrogen and oxygen atoms in total. The number of hydrogen-bond acceptors (Lipinski definition) is 8. The molecule has 3 rings (SSSR count). The van der Waals surface area contributed by atoms with E-state index in [0.717, 1.165) is 10.5 Å². The number of aliphatic hydroxyl groups excluding tert-OH is 2. The van der Waals surface area contributed by atoms with Gasteiger partial charge in [-0.1, -0.05) is 52.8 Å². The molecule has 30 heavy (non-hydrogen) atoms. The average molecular weight is 452 g/mol. The second-order valence-electron chi connectivity index (χ2n) is 6.70. The Morgan fingerprint density at radius 2 is 1.80 bits per heavy atom. The molecule has 0 aliphatic carbocycles. The van der Waals surface area contributed by atoms with Crippen LogP contribution in [0.15, 0.2) is 69.5 Å². The lowest BCUT2D eigenvalue weighted by atomic mass is 9.99. The maximum absolute atomic E-state index is 12.4. The van der Waals surface area contributed by atoms with Crippen LogP contribution in [0.5, 0.6) is 0 Å². The molecule has 1 aliphatic rings. The van der Waals surface area contributed by atoms with Gasteiger partial charge in [-0.2, -0.15) is 8.42 Å². The Balaban J connectivity index is 1.75. The molecule has 0 saturated carbocycles. The van der Waals surface area contributed by atoms with E-state index in [9.17, 15) is 18.6 Å². The molecule has 0 aromatic heterocycles. The molecule has 2 unspecified atom stereocenters. The molecule has 2 N–H and O–H groups in total. The van der Waals surface area contributed by atoms with Gasteiger partial charge in [0.2, 0.25) is 0 Å². The zero-order valence-electron chi connectivity index (χ0n) is 16.0. The number of azide groups is 1. The van der Waals surface area contributed by atoms with Gasteiger partial charge >= 0.3 is 0 Å². The lowest BCUT2D eigenvalue weighted by molar-refractivity contribution is -0.162. The standard InChI is InChI=1S/C19H21N3O6S2/c1-12-7-9-14(10-8-12)30(25,26)27-11-15-17(23)18(24)16(21-22-20)19(28-15)29-13-5-3-2-4-6-13/h2-10,15-19,23-24H,11H2,1H3/t15?,16?,17-,18-,19+/m1/s1. The number of aryl methyl sites for hydroxylation is 1. The molecule has 0 bridgehead atoms. The Kier molecular flexibility index (Phi) is 7.37. The fourth-order valence-corrected chi connectivity index (χ4v) is 4.95. The highest BCUT2D eigenvalue weighted by atomic mass is 32.2. The van der Waals surface area contributed by atoms with Gasteiger partial charge in [-0.25, -0.2) is 0 Å². The lowest BCUT2D eigenvalue weighted by Gasteiger charge is -2.40. The fourth-order valence-electron chi connectivity index (χ4n) is 2.90. The molecule has 160 valence electrons. The van der Waals surface area contributed by atoms with Crippen LogP contribution in [0.25, 0.3) is 10.4 Å². The number of hydrogen-bond donors (Lipinski definition) is 2. The summed E-state index contributed by atoms with van der Waals surface area (Å²) in [6.07, 6.45) is -4.10. The third-order valence-corrected chi connectivity index (χ3v) is 7.01. The van der Waals surface area contributed by atoms with Gasteiger partial charge in [0, 0.05) is 9.81 Å². The molecule has 0 spiro atoms.